The highest BCUT2D eigenvalue weighted by Gasteiger charge is 2.22. The van der Waals surface area contributed by atoms with Gasteiger partial charge in [-0.3, -0.25) is 4.90 Å². The average molecular weight is 432 g/mol. The zero-order valence-corrected chi connectivity index (χ0v) is 16.7. The van der Waals surface area contributed by atoms with Gasteiger partial charge in [0.2, 0.25) is 0 Å². The van der Waals surface area contributed by atoms with Crippen LogP contribution in [0.2, 0.25) is 0 Å². The number of pyridine rings is 1. The maximum Gasteiger partial charge on any atom is 0.188 e. The highest BCUT2D eigenvalue weighted by atomic mass is 127. The van der Waals surface area contributed by atoms with Crippen LogP contribution in [-0.4, -0.2) is 55.6 Å². The number of likely N-dealkylation sites (N-methyl/N-ethyl adjacent to an activating group) is 1. The van der Waals surface area contributed by atoms with Gasteiger partial charge in [-0.05, 0) is 43.6 Å². The fourth-order valence-electron chi connectivity index (χ4n) is 2.80. The van der Waals surface area contributed by atoms with Crippen LogP contribution in [0, 0.1) is 0 Å². The molecule has 0 aromatic carbocycles. The number of hydrogen-bond donors (Lipinski definition) is 2. The third-order valence-electron chi connectivity index (χ3n) is 4.12. The lowest BCUT2D eigenvalue weighted by Gasteiger charge is -2.23. The fourth-order valence-corrected chi connectivity index (χ4v) is 2.80. The fraction of sp³-hybridized carbons (Fsp3) is 0.625. The molecule has 1 aliphatic heterocycles. The average Bonchev–Trinajstić information content (AvgIpc) is 2.98. The molecule has 0 aliphatic carbocycles. The van der Waals surface area contributed by atoms with Crippen LogP contribution in [-0.2, 0) is 6.54 Å². The lowest BCUT2D eigenvalue weighted by Crippen LogP contribution is -2.42. The van der Waals surface area contributed by atoms with Crippen molar-refractivity contribution in [3.05, 3.63) is 23.9 Å². The molecule has 6 nitrogen and oxygen atoms in total. The smallest absolute Gasteiger partial charge is 0.188 e. The Labute approximate surface area is 156 Å². The van der Waals surface area contributed by atoms with Crippen LogP contribution < -0.4 is 16.0 Å². The minimum Gasteiger partial charge on any atom is -0.370 e. The summed E-state index contributed by atoms with van der Waals surface area (Å²) >= 11 is 0. The van der Waals surface area contributed by atoms with Crippen molar-refractivity contribution in [2.75, 3.05) is 38.6 Å². The summed E-state index contributed by atoms with van der Waals surface area (Å²) in [5.41, 5.74) is 7.09. The van der Waals surface area contributed by atoms with E-state index in [1.807, 2.05) is 37.3 Å². The predicted molar refractivity (Wildman–Crippen MR) is 108 cm³/mol. The van der Waals surface area contributed by atoms with Crippen LogP contribution >= 0.6 is 24.0 Å². The maximum absolute atomic E-state index is 5.98. The van der Waals surface area contributed by atoms with E-state index in [0.717, 1.165) is 24.5 Å². The largest absolute Gasteiger partial charge is 0.370 e. The summed E-state index contributed by atoms with van der Waals surface area (Å²) in [4.78, 5) is 13.2. The predicted octanol–water partition coefficient (Wildman–Crippen LogP) is 1.65. The van der Waals surface area contributed by atoms with Crippen LogP contribution in [0.4, 0.5) is 5.82 Å². The number of nitrogens with one attached hydrogen (secondary N) is 1. The summed E-state index contributed by atoms with van der Waals surface area (Å²) < 4.78 is 0. The number of nitrogens with two attached hydrogens (primary N) is 1. The molecule has 3 N–H and O–H groups in total. The molecule has 1 saturated heterocycles. The van der Waals surface area contributed by atoms with E-state index in [1.165, 1.54) is 19.4 Å². The number of halogens is 1. The van der Waals surface area contributed by atoms with E-state index >= 15 is 0 Å². The van der Waals surface area contributed by atoms with Gasteiger partial charge in [-0.1, -0.05) is 6.92 Å². The highest BCUT2D eigenvalue weighted by Crippen LogP contribution is 2.15. The Morgan fingerprint density at radius 3 is 3.00 bits per heavy atom. The first kappa shape index (κ1) is 20.0. The van der Waals surface area contributed by atoms with Crippen molar-refractivity contribution in [1.82, 2.24) is 15.2 Å². The molecule has 0 bridgehead atoms. The van der Waals surface area contributed by atoms with Crippen molar-refractivity contribution < 1.29 is 0 Å². The molecule has 0 saturated carbocycles. The SMILES string of the molecule is CCN1CCCC1CNC(N)=NCc1ccnc(N(C)C)c1.I. The van der Waals surface area contributed by atoms with E-state index in [0.29, 0.717) is 18.5 Å². The molecule has 7 heteroatoms. The Morgan fingerprint density at radius 1 is 1.52 bits per heavy atom. The monoisotopic (exact) mass is 432 g/mol. The summed E-state index contributed by atoms with van der Waals surface area (Å²) in [6.07, 6.45) is 4.33. The lowest BCUT2D eigenvalue weighted by atomic mass is 10.2. The molecule has 0 amide bonds. The van der Waals surface area contributed by atoms with E-state index in [9.17, 15) is 0 Å². The summed E-state index contributed by atoms with van der Waals surface area (Å²) in [5, 5.41) is 3.26. The van der Waals surface area contributed by atoms with Gasteiger partial charge in [0.1, 0.15) is 5.82 Å². The molecule has 0 radical (unpaired) electrons. The number of aliphatic imine (C=N–C) groups is 1. The van der Waals surface area contributed by atoms with Gasteiger partial charge in [0.15, 0.2) is 5.96 Å². The van der Waals surface area contributed by atoms with Crippen molar-refractivity contribution in [3.63, 3.8) is 0 Å². The zero-order valence-electron chi connectivity index (χ0n) is 14.3. The van der Waals surface area contributed by atoms with Crippen LogP contribution in [0.1, 0.15) is 25.3 Å². The molecule has 1 aliphatic rings. The quantitative estimate of drug-likeness (QED) is 0.407. The second-order valence-electron chi connectivity index (χ2n) is 5.92. The van der Waals surface area contributed by atoms with E-state index in [1.54, 1.807) is 0 Å². The Bertz CT molecular complexity index is 505. The molecule has 1 aromatic heterocycles. The number of nitrogens with zero attached hydrogens (tertiary/aromatic N) is 4. The van der Waals surface area contributed by atoms with Crippen molar-refractivity contribution in [2.45, 2.75) is 32.4 Å². The van der Waals surface area contributed by atoms with Gasteiger partial charge < -0.3 is 16.0 Å². The van der Waals surface area contributed by atoms with Gasteiger partial charge >= 0.3 is 0 Å². The molecule has 1 aromatic rings. The van der Waals surface area contributed by atoms with Crippen LogP contribution in [0.5, 0.6) is 0 Å². The molecular formula is C16H29IN6. The molecule has 2 heterocycles. The second kappa shape index (κ2) is 9.92. The summed E-state index contributed by atoms with van der Waals surface area (Å²) in [6, 6.07) is 4.59. The Morgan fingerprint density at radius 2 is 2.30 bits per heavy atom. The van der Waals surface area contributed by atoms with Crippen molar-refractivity contribution in [3.8, 4) is 0 Å². The van der Waals surface area contributed by atoms with Gasteiger partial charge in [-0.25, -0.2) is 9.98 Å². The van der Waals surface area contributed by atoms with Crippen LogP contribution in [0.15, 0.2) is 23.3 Å². The first-order valence-corrected chi connectivity index (χ1v) is 8.00. The van der Waals surface area contributed by atoms with Gasteiger partial charge in [0.25, 0.3) is 0 Å². The van der Waals surface area contributed by atoms with E-state index in [4.69, 9.17) is 5.73 Å². The van der Waals surface area contributed by atoms with Gasteiger partial charge in [0.05, 0.1) is 6.54 Å². The summed E-state index contributed by atoms with van der Waals surface area (Å²) in [7, 11) is 3.96. The minimum absolute atomic E-state index is 0. The van der Waals surface area contributed by atoms with E-state index in [2.05, 4.69) is 27.1 Å². The molecule has 1 unspecified atom stereocenters. The Kier molecular flexibility index (Phi) is 8.60. The first-order chi connectivity index (χ1) is 10.6. The molecule has 130 valence electrons. The number of rotatable bonds is 6. The minimum atomic E-state index is 0. The highest BCUT2D eigenvalue weighted by molar-refractivity contribution is 14.0. The number of hydrogen-bond acceptors (Lipinski definition) is 4. The normalized spacial score (nSPS) is 18.6. The van der Waals surface area contributed by atoms with Crippen LogP contribution in [0.3, 0.4) is 0 Å². The number of aromatic nitrogens is 1. The van der Waals surface area contributed by atoms with Crippen molar-refractivity contribution >= 4 is 35.8 Å². The van der Waals surface area contributed by atoms with Gasteiger partial charge in [-0.2, -0.15) is 0 Å². The van der Waals surface area contributed by atoms with E-state index < -0.39 is 0 Å². The van der Waals surface area contributed by atoms with Crippen LogP contribution in [0.25, 0.3) is 0 Å². The maximum atomic E-state index is 5.98. The third kappa shape index (κ3) is 6.14. The Balaban J connectivity index is 0.00000264. The molecule has 2 rings (SSSR count). The molecule has 23 heavy (non-hydrogen) atoms. The van der Waals surface area contributed by atoms with Gasteiger partial charge in [0, 0.05) is 32.9 Å². The number of likely N-dealkylation sites (tertiary alicyclic amines) is 1. The lowest BCUT2D eigenvalue weighted by molar-refractivity contribution is 0.267. The number of anilines is 1. The summed E-state index contributed by atoms with van der Waals surface area (Å²) in [6.45, 7) is 5.96. The van der Waals surface area contributed by atoms with Crippen molar-refractivity contribution in [1.29, 1.82) is 0 Å². The molecule has 1 atom stereocenters. The third-order valence-corrected chi connectivity index (χ3v) is 4.12. The topological polar surface area (TPSA) is 69.8 Å². The van der Waals surface area contributed by atoms with Gasteiger partial charge in [-0.15, -0.1) is 24.0 Å². The molecular weight excluding hydrogens is 403 g/mol. The van der Waals surface area contributed by atoms with Crippen molar-refractivity contribution in [2.24, 2.45) is 10.7 Å². The zero-order chi connectivity index (χ0) is 15.9. The Hall–Kier alpha value is -1.09. The van der Waals surface area contributed by atoms with E-state index in [-0.39, 0.29) is 24.0 Å². The molecule has 0 spiro atoms. The first-order valence-electron chi connectivity index (χ1n) is 8.00. The summed E-state index contributed by atoms with van der Waals surface area (Å²) in [5.74, 6) is 1.45. The number of guanidine groups is 1. The molecule has 1 fully saturated rings. The second-order valence-corrected chi connectivity index (χ2v) is 5.92. The standard InChI is InChI=1S/C16H28N6.HI/c1-4-22-9-5-6-14(22)12-20-16(17)19-11-13-7-8-18-15(10-13)21(2)3;/h7-8,10,14H,4-6,9,11-12H2,1-3H3,(H3,17,19,20);1H.